The van der Waals surface area contributed by atoms with Gasteiger partial charge in [0, 0.05) is 12.8 Å². The Morgan fingerprint density at radius 1 is 1.06 bits per heavy atom. The van der Waals surface area contributed by atoms with Crippen molar-refractivity contribution in [1.29, 1.82) is 0 Å². The van der Waals surface area contributed by atoms with Gasteiger partial charge in [0.25, 0.3) is 0 Å². The number of hydrogen-bond acceptors (Lipinski definition) is 6. The van der Waals surface area contributed by atoms with Crippen molar-refractivity contribution >= 4 is 24.1 Å². The molecule has 1 unspecified atom stereocenters. The van der Waals surface area contributed by atoms with E-state index in [0.29, 0.717) is 17.9 Å². The molecule has 1 N–H and O–H groups in total. The number of rotatable bonds is 8. The molecule has 0 aromatic heterocycles. The third-order valence-electron chi connectivity index (χ3n) is 5.10. The van der Waals surface area contributed by atoms with Gasteiger partial charge in [-0.25, -0.2) is 4.79 Å². The largest absolute Gasteiger partial charge is 0.493 e. The highest BCUT2D eigenvalue weighted by molar-refractivity contribution is 6.23. The molecule has 4 amide bonds. The fraction of sp³-hybridized carbons (Fsp3) is 0.304. The average molecular weight is 423 g/mol. The number of aliphatic imine (C=N–C) groups is 1. The molecular formula is C23H25N3O5. The zero-order valence-corrected chi connectivity index (χ0v) is 17.7. The van der Waals surface area contributed by atoms with Gasteiger partial charge >= 0.3 is 6.03 Å². The highest BCUT2D eigenvalue weighted by Crippen LogP contribution is 2.28. The number of carbonyl (C=O) groups is 3. The van der Waals surface area contributed by atoms with E-state index in [0.717, 1.165) is 16.0 Å². The molecule has 1 aliphatic heterocycles. The number of nitrogens with zero attached hydrogens (tertiary/aromatic N) is 2. The van der Waals surface area contributed by atoms with E-state index in [2.05, 4.69) is 10.3 Å². The Morgan fingerprint density at radius 2 is 1.77 bits per heavy atom. The van der Waals surface area contributed by atoms with E-state index in [4.69, 9.17) is 9.47 Å². The second-order valence-corrected chi connectivity index (χ2v) is 7.09. The quantitative estimate of drug-likeness (QED) is 0.520. The van der Waals surface area contributed by atoms with E-state index in [1.54, 1.807) is 19.2 Å². The number of methoxy groups -OCH3 is 2. The van der Waals surface area contributed by atoms with Crippen LogP contribution in [-0.2, 0) is 16.0 Å². The van der Waals surface area contributed by atoms with Crippen LogP contribution in [0.25, 0.3) is 0 Å². The van der Waals surface area contributed by atoms with Gasteiger partial charge in [-0.3, -0.25) is 24.8 Å². The summed E-state index contributed by atoms with van der Waals surface area (Å²) in [6.07, 6.45) is 1.73. The van der Waals surface area contributed by atoms with Crippen LogP contribution >= 0.6 is 0 Å². The number of benzene rings is 2. The van der Waals surface area contributed by atoms with Crippen LogP contribution in [0.3, 0.4) is 0 Å². The monoisotopic (exact) mass is 423 g/mol. The van der Waals surface area contributed by atoms with Gasteiger partial charge in [-0.2, -0.15) is 0 Å². The third kappa shape index (κ3) is 5.09. The van der Waals surface area contributed by atoms with Crippen LogP contribution in [-0.4, -0.2) is 49.7 Å². The molecule has 2 aromatic rings. The molecule has 0 aliphatic carbocycles. The maximum absolute atomic E-state index is 12.8. The Kier molecular flexibility index (Phi) is 7.02. The van der Waals surface area contributed by atoms with Crippen molar-refractivity contribution in [2.24, 2.45) is 10.9 Å². The Hall–Kier alpha value is -3.68. The molecule has 162 valence electrons. The molecule has 2 aromatic carbocycles. The van der Waals surface area contributed by atoms with Crippen LogP contribution < -0.4 is 14.8 Å². The zero-order valence-electron chi connectivity index (χ0n) is 17.7. The van der Waals surface area contributed by atoms with E-state index in [9.17, 15) is 14.4 Å². The lowest BCUT2D eigenvalue weighted by atomic mass is 10.0. The lowest BCUT2D eigenvalue weighted by molar-refractivity contribution is -0.139. The zero-order chi connectivity index (χ0) is 22.4. The second-order valence-electron chi connectivity index (χ2n) is 7.09. The average Bonchev–Trinajstić information content (AvgIpc) is 2.78. The van der Waals surface area contributed by atoms with Gasteiger partial charge in [0.2, 0.25) is 11.8 Å². The minimum atomic E-state index is -1.14. The first-order valence-electron chi connectivity index (χ1n) is 9.90. The Labute approximate surface area is 180 Å². The highest BCUT2D eigenvalue weighted by Gasteiger charge is 2.39. The maximum atomic E-state index is 12.8. The molecule has 1 aliphatic rings. The SMILES string of the molecule is COc1ccc(CCN2C(=O)NC(=O)C(C=N[C@H](C)c3ccccc3)C2=O)cc1OC. The summed E-state index contributed by atoms with van der Waals surface area (Å²) in [5.74, 6) is -1.24. The molecule has 0 bridgehead atoms. The summed E-state index contributed by atoms with van der Waals surface area (Å²) in [6.45, 7) is 1.99. The molecule has 31 heavy (non-hydrogen) atoms. The summed E-state index contributed by atoms with van der Waals surface area (Å²) >= 11 is 0. The van der Waals surface area contributed by atoms with Crippen molar-refractivity contribution in [3.8, 4) is 11.5 Å². The molecule has 1 fully saturated rings. The van der Waals surface area contributed by atoms with Crippen LogP contribution in [0.2, 0.25) is 0 Å². The smallest absolute Gasteiger partial charge is 0.330 e. The lowest BCUT2D eigenvalue weighted by Crippen LogP contribution is -2.58. The number of amides is 4. The van der Waals surface area contributed by atoms with Gasteiger partial charge in [0.15, 0.2) is 17.4 Å². The molecule has 0 saturated carbocycles. The van der Waals surface area contributed by atoms with Crippen molar-refractivity contribution in [1.82, 2.24) is 10.2 Å². The van der Waals surface area contributed by atoms with E-state index >= 15 is 0 Å². The number of ether oxygens (including phenoxy) is 2. The molecule has 8 heteroatoms. The van der Waals surface area contributed by atoms with E-state index in [1.165, 1.54) is 13.3 Å². The van der Waals surface area contributed by atoms with Crippen molar-refractivity contribution in [2.45, 2.75) is 19.4 Å². The number of urea groups is 1. The summed E-state index contributed by atoms with van der Waals surface area (Å²) in [6, 6.07) is 14.0. The Balaban J connectivity index is 1.70. The topological polar surface area (TPSA) is 97.3 Å². The van der Waals surface area contributed by atoms with Crippen LogP contribution in [0.5, 0.6) is 11.5 Å². The molecular weight excluding hydrogens is 398 g/mol. The number of carbonyl (C=O) groups excluding carboxylic acids is 3. The number of barbiturate groups is 1. The van der Waals surface area contributed by atoms with Gasteiger partial charge in [0.1, 0.15) is 0 Å². The Morgan fingerprint density at radius 3 is 2.45 bits per heavy atom. The van der Waals surface area contributed by atoms with Crippen LogP contribution in [0.1, 0.15) is 24.1 Å². The minimum absolute atomic E-state index is 0.117. The van der Waals surface area contributed by atoms with Crippen LogP contribution in [0.15, 0.2) is 53.5 Å². The van der Waals surface area contributed by atoms with E-state index in [-0.39, 0.29) is 12.6 Å². The van der Waals surface area contributed by atoms with Crippen LogP contribution in [0, 0.1) is 5.92 Å². The van der Waals surface area contributed by atoms with Gasteiger partial charge < -0.3 is 9.47 Å². The first kappa shape index (κ1) is 22.0. The Bertz CT molecular complexity index is 990. The first-order chi connectivity index (χ1) is 14.9. The van der Waals surface area contributed by atoms with Gasteiger partial charge in [-0.1, -0.05) is 36.4 Å². The van der Waals surface area contributed by atoms with Crippen molar-refractivity contribution < 1.29 is 23.9 Å². The molecule has 1 heterocycles. The van der Waals surface area contributed by atoms with Gasteiger partial charge in [-0.15, -0.1) is 0 Å². The standard InChI is InChI=1S/C23H25N3O5/c1-15(17-7-5-4-6-8-17)24-14-18-21(27)25-23(29)26(22(18)28)12-11-16-9-10-19(30-2)20(13-16)31-3/h4-10,13-15,18H,11-12H2,1-3H3,(H,25,27,29)/t15-,18?/m1/s1. The summed E-state index contributed by atoms with van der Waals surface area (Å²) in [4.78, 5) is 42.7. The summed E-state index contributed by atoms with van der Waals surface area (Å²) in [5, 5.41) is 2.24. The number of nitrogens with one attached hydrogen (secondary N) is 1. The maximum Gasteiger partial charge on any atom is 0.330 e. The van der Waals surface area contributed by atoms with Gasteiger partial charge in [0.05, 0.1) is 20.3 Å². The van der Waals surface area contributed by atoms with E-state index < -0.39 is 23.8 Å². The number of hydrogen-bond donors (Lipinski definition) is 1. The highest BCUT2D eigenvalue weighted by atomic mass is 16.5. The molecule has 8 nitrogen and oxygen atoms in total. The predicted octanol–water partition coefficient (Wildman–Crippen LogP) is 2.77. The lowest BCUT2D eigenvalue weighted by Gasteiger charge is -2.28. The fourth-order valence-corrected chi connectivity index (χ4v) is 3.28. The molecule has 1 saturated heterocycles. The molecule has 2 atom stereocenters. The normalized spacial score (nSPS) is 17.6. The van der Waals surface area contributed by atoms with Crippen molar-refractivity contribution in [3.63, 3.8) is 0 Å². The van der Waals surface area contributed by atoms with Crippen LogP contribution in [0.4, 0.5) is 4.79 Å². The van der Waals surface area contributed by atoms with Crippen molar-refractivity contribution in [2.75, 3.05) is 20.8 Å². The molecule has 3 rings (SSSR count). The summed E-state index contributed by atoms with van der Waals surface area (Å²) in [7, 11) is 3.08. The summed E-state index contributed by atoms with van der Waals surface area (Å²) < 4.78 is 10.5. The van der Waals surface area contributed by atoms with Crippen molar-refractivity contribution in [3.05, 3.63) is 59.7 Å². The minimum Gasteiger partial charge on any atom is -0.493 e. The van der Waals surface area contributed by atoms with E-state index in [1.807, 2.05) is 43.3 Å². The van der Waals surface area contributed by atoms with Gasteiger partial charge in [-0.05, 0) is 36.6 Å². The third-order valence-corrected chi connectivity index (χ3v) is 5.10. The summed E-state index contributed by atoms with van der Waals surface area (Å²) in [5.41, 5.74) is 1.82. The number of imide groups is 2. The first-order valence-corrected chi connectivity index (χ1v) is 9.90. The molecule has 0 spiro atoms. The second kappa shape index (κ2) is 9.88. The fourth-order valence-electron chi connectivity index (χ4n) is 3.28. The predicted molar refractivity (Wildman–Crippen MR) is 115 cm³/mol. The molecule has 0 radical (unpaired) electrons.